The summed E-state index contributed by atoms with van der Waals surface area (Å²) in [6.45, 7) is 4.14. The summed E-state index contributed by atoms with van der Waals surface area (Å²) in [4.78, 5) is 7.00. The Morgan fingerprint density at radius 3 is 2.78 bits per heavy atom. The number of morpholine rings is 1. The first-order chi connectivity index (χ1) is 8.78. The number of nitrogens with one attached hydrogen (secondary N) is 1. The van der Waals surface area contributed by atoms with E-state index in [0.29, 0.717) is 18.2 Å². The van der Waals surface area contributed by atoms with Gasteiger partial charge in [0.1, 0.15) is 5.82 Å². The molecule has 98 valence electrons. The van der Waals surface area contributed by atoms with Gasteiger partial charge in [0.25, 0.3) is 0 Å². The molecule has 4 heteroatoms. The molecule has 4 nitrogen and oxygen atoms in total. The fourth-order valence-corrected chi connectivity index (χ4v) is 2.95. The van der Waals surface area contributed by atoms with Crippen LogP contribution in [-0.2, 0) is 4.74 Å². The molecule has 0 aromatic carbocycles. The molecule has 2 aliphatic rings. The molecule has 0 radical (unpaired) electrons. The number of ether oxygens (including phenoxy) is 1. The molecule has 2 bridgehead atoms. The van der Waals surface area contributed by atoms with E-state index in [1.54, 1.807) is 0 Å². The highest BCUT2D eigenvalue weighted by Crippen LogP contribution is 2.31. The second-order valence-electron chi connectivity index (χ2n) is 5.29. The van der Waals surface area contributed by atoms with Crippen molar-refractivity contribution < 1.29 is 4.74 Å². The summed E-state index contributed by atoms with van der Waals surface area (Å²) >= 11 is 0. The lowest BCUT2D eigenvalue weighted by molar-refractivity contribution is 0.0301. The van der Waals surface area contributed by atoms with Gasteiger partial charge in [0.15, 0.2) is 0 Å². The van der Waals surface area contributed by atoms with Crippen LogP contribution in [0.2, 0.25) is 0 Å². The van der Waals surface area contributed by atoms with Crippen molar-refractivity contribution in [3.8, 4) is 0 Å². The maximum Gasteiger partial charge on any atom is 0.133 e. The van der Waals surface area contributed by atoms with Crippen LogP contribution in [-0.4, -0.2) is 37.3 Å². The Bertz CT molecular complexity index is 411. The standard InChI is InChI=1S/C14H21N3O/c1-10(15-2)13-4-3-7-16-14(13)17-8-11-5-6-12(9-17)18-11/h3-4,7,10-12,15H,5-6,8-9H2,1-2H3. The Kier molecular flexibility index (Phi) is 3.22. The van der Waals surface area contributed by atoms with Gasteiger partial charge in [-0.15, -0.1) is 0 Å². The smallest absolute Gasteiger partial charge is 0.133 e. The van der Waals surface area contributed by atoms with Crippen molar-refractivity contribution in [1.82, 2.24) is 10.3 Å². The summed E-state index contributed by atoms with van der Waals surface area (Å²) in [6.07, 6.45) is 5.10. The fourth-order valence-electron chi connectivity index (χ4n) is 2.95. The fraction of sp³-hybridized carbons (Fsp3) is 0.643. The Morgan fingerprint density at radius 1 is 1.39 bits per heavy atom. The summed E-state index contributed by atoms with van der Waals surface area (Å²) in [5.74, 6) is 1.12. The topological polar surface area (TPSA) is 37.4 Å². The van der Waals surface area contributed by atoms with Gasteiger partial charge in [-0.25, -0.2) is 4.98 Å². The van der Waals surface area contributed by atoms with Gasteiger partial charge in [0.05, 0.1) is 12.2 Å². The molecule has 1 aromatic rings. The first kappa shape index (κ1) is 11.9. The Hall–Kier alpha value is -1.13. The molecular formula is C14H21N3O. The lowest BCUT2D eigenvalue weighted by Crippen LogP contribution is -2.43. The Morgan fingerprint density at radius 2 is 2.11 bits per heavy atom. The molecule has 3 unspecified atom stereocenters. The molecule has 3 atom stereocenters. The quantitative estimate of drug-likeness (QED) is 0.882. The first-order valence-electron chi connectivity index (χ1n) is 6.80. The van der Waals surface area contributed by atoms with Crippen molar-refractivity contribution in [3.63, 3.8) is 0 Å². The van der Waals surface area contributed by atoms with Crippen LogP contribution in [0.3, 0.4) is 0 Å². The predicted molar refractivity (Wildman–Crippen MR) is 71.8 cm³/mol. The zero-order valence-electron chi connectivity index (χ0n) is 11.1. The van der Waals surface area contributed by atoms with E-state index in [0.717, 1.165) is 18.9 Å². The highest BCUT2D eigenvalue weighted by Gasteiger charge is 2.35. The van der Waals surface area contributed by atoms with E-state index in [2.05, 4.69) is 28.2 Å². The molecule has 3 rings (SSSR count). The third kappa shape index (κ3) is 2.10. The number of hydrogen-bond donors (Lipinski definition) is 1. The van der Waals surface area contributed by atoms with Gasteiger partial charge in [-0.05, 0) is 32.9 Å². The second-order valence-corrected chi connectivity index (χ2v) is 5.29. The monoisotopic (exact) mass is 247 g/mol. The minimum Gasteiger partial charge on any atom is -0.371 e. The molecule has 2 saturated heterocycles. The van der Waals surface area contributed by atoms with E-state index in [1.165, 1.54) is 18.4 Å². The van der Waals surface area contributed by atoms with E-state index >= 15 is 0 Å². The number of anilines is 1. The van der Waals surface area contributed by atoms with Crippen LogP contribution < -0.4 is 10.2 Å². The van der Waals surface area contributed by atoms with Gasteiger partial charge in [0.2, 0.25) is 0 Å². The maximum absolute atomic E-state index is 5.89. The highest BCUT2D eigenvalue weighted by molar-refractivity contribution is 5.49. The van der Waals surface area contributed by atoms with Gasteiger partial charge >= 0.3 is 0 Å². The van der Waals surface area contributed by atoms with Crippen molar-refractivity contribution in [2.75, 3.05) is 25.0 Å². The molecule has 1 N–H and O–H groups in total. The molecule has 0 amide bonds. The molecular weight excluding hydrogens is 226 g/mol. The van der Waals surface area contributed by atoms with Crippen LogP contribution >= 0.6 is 0 Å². The summed E-state index contributed by atoms with van der Waals surface area (Å²) in [5.41, 5.74) is 1.28. The van der Waals surface area contributed by atoms with Crippen molar-refractivity contribution in [2.24, 2.45) is 0 Å². The molecule has 18 heavy (non-hydrogen) atoms. The summed E-state index contributed by atoms with van der Waals surface area (Å²) < 4.78 is 5.89. The van der Waals surface area contributed by atoms with Gasteiger partial charge in [-0.3, -0.25) is 0 Å². The Labute approximate surface area is 108 Å². The lowest BCUT2D eigenvalue weighted by Gasteiger charge is -2.34. The van der Waals surface area contributed by atoms with Gasteiger partial charge in [0, 0.05) is 30.9 Å². The molecule has 0 saturated carbocycles. The van der Waals surface area contributed by atoms with Crippen LogP contribution in [0.1, 0.15) is 31.4 Å². The average molecular weight is 247 g/mol. The number of pyridine rings is 1. The van der Waals surface area contributed by atoms with Crippen LogP contribution in [0.15, 0.2) is 18.3 Å². The predicted octanol–water partition coefficient (Wildman–Crippen LogP) is 1.73. The van der Waals surface area contributed by atoms with Crippen molar-refractivity contribution in [2.45, 2.75) is 38.0 Å². The normalized spacial score (nSPS) is 28.4. The van der Waals surface area contributed by atoms with E-state index < -0.39 is 0 Å². The number of hydrogen-bond acceptors (Lipinski definition) is 4. The van der Waals surface area contributed by atoms with Crippen LogP contribution in [0, 0.1) is 0 Å². The largest absolute Gasteiger partial charge is 0.371 e. The minimum atomic E-state index is 0.328. The zero-order chi connectivity index (χ0) is 12.5. The SMILES string of the molecule is CNC(C)c1cccnc1N1CC2CCC(C1)O2. The summed E-state index contributed by atoms with van der Waals surface area (Å²) in [7, 11) is 1.99. The summed E-state index contributed by atoms with van der Waals surface area (Å²) in [5, 5.41) is 3.30. The highest BCUT2D eigenvalue weighted by atomic mass is 16.5. The van der Waals surface area contributed by atoms with Gasteiger partial charge in [-0.1, -0.05) is 6.07 Å². The van der Waals surface area contributed by atoms with Gasteiger partial charge < -0.3 is 15.0 Å². The van der Waals surface area contributed by atoms with Crippen LogP contribution in [0.5, 0.6) is 0 Å². The number of aromatic nitrogens is 1. The molecule has 2 aliphatic heterocycles. The Balaban J connectivity index is 1.87. The van der Waals surface area contributed by atoms with E-state index in [4.69, 9.17) is 4.74 Å². The van der Waals surface area contributed by atoms with Crippen molar-refractivity contribution in [3.05, 3.63) is 23.9 Å². The van der Waals surface area contributed by atoms with Gasteiger partial charge in [-0.2, -0.15) is 0 Å². The molecule has 1 aromatic heterocycles. The van der Waals surface area contributed by atoms with Crippen LogP contribution in [0.4, 0.5) is 5.82 Å². The zero-order valence-corrected chi connectivity index (χ0v) is 11.1. The number of fused-ring (bicyclic) bond motifs is 2. The van der Waals surface area contributed by atoms with E-state index in [9.17, 15) is 0 Å². The van der Waals surface area contributed by atoms with Crippen LogP contribution in [0.25, 0.3) is 0 Å². The molecule has 3 heterocycles. The van der Waals surface area contributed by atoms with E-state index in [-0.39, 0.29) is 0 Å². The molecule has 0 aliphatic carbocycles. The second kappa shape index (κ2) is 4.86. The van der Waals surface area contributed by atoms with Crippen molar-refractivity contribution >= 4 is 5.82 Å². The molecule has 2 fully saturated rings. The average Bonchev–Trinajstić information content (AvgIpc) is 2.76. The lowest BCUT2D eigenvalue weighted by atomic mass is 10.1. The van der Waals surface area contributed by atoms with Crippen molar-refractivity contribution in [1.29, 1.82) is 0 Å². The minimum absolute atomic E-state index is 0.328. The third-order valence-corrected chi connectivity index (χ3v) is 4.06. The number of rotatable bonds is 3. The molecule has 0 spiro atoms. The summed E-state index contributed by atoms with van der Waals surface area (Å²) in [6, 6.07) is 4.51. The number of nitrogens with zero attached hydrogens (tertiary/aromatic N) is 2. The maximum atomic E-state index is 5.89. The third-order valence-electron chi connectivity index (χ3n) is 4.06. The first-order valence-corrected chi connectivity index (χ1v) is 6.80. The van der Waals surface area contributed by atoms with E-state index in [1.807, 2.05) is 19.3 Å².